The number of amides is 1. The summed E-state index contributed by atoms with van der Waals surface area (Å²) in [4.78, 5) is 25.1. The number of carbonyl (C=O) groups is 2. The second-order valence-electron chi connectivity index (χ2n) is 5.66. The molecule has 7 heteroatoms. The van der Waals surface area contributed by atoms with Crippen LogP contribution in [0.5, 0.6) is 0 Å². The van der Waals surface area contributed by atoms with Gasteiger partial charge in [-0.1, -0.05) is 18.5 Å². The lowest BCUT2D eigenvalue weighted by Crippen LogP contribution is -2.40. The first-order valence-corrected chi connectivity index (χ1v) is 7.40. The molecule has 0 aromatic carbocycles. The van der Waals surface area contributed by atoms with E-state index in [1.807, 2.05) is 6.92 Å². The first kappa shape index (κ1) is 15.8. The Labute approximate surface area is 128 Å². The molecule has 6 nitrogen and oxygen atoms in total. The Morgan fingerprint density at radius 3 is 2.52 bits per heavy atom. The van der Waals surface area contributed by atoms with Crippen molar-refractivity contribution < 1.29 is 14.7 Å². The van der Waals surface area contributed by atoms with Gasteiger partial charge in [0, 0.05) is 12.6 Å². The zero-order valence-corrected chi connectivity index (χ0v) is 13.2. The zero-order valence-electron chi connectivity index (χ0n) is 12.5. The molecule has 0 aliphatic heterocycles. The molecule has 116 valence electrons. The molecule has 1 N–H and O–H groups in total. The SMILES string of the molecule is Cc1nn(CC(=O)N(C[C@@H](C)C(=O)O)C2CC2)c(C)c1Cl. The highest BCUT2D eigenvalue weighted by molar-refractivity contribution is 6.31. The van der Waals surface area contributed by atoms with Crippen molar-refractivity contribution in [1.29, 1.82) is 0 Å². The largest absolute Gasteiger partial charge is 0.481 e. The number of aromatic nitrogens is 2. The monoisotopic (exact) mass is 313 g/mol. The summed E-state index contributed by atoms with van der Waals surface area (Å²) in [5.74, 6) is -1.56. The zero-order chi connectivity index (χ0) is 15.7. The number of carboxylic acid groups (broad SMARTS) is 1. The van der Waals surface area contributed by atoms with Crippen molar-refractivity contribution in [3.05, 3.63) is 16.4 Å². The number of rotatable bonds is 6. The van der Waals surface area contributed by atoms with Crippen LogP contribution in [0.1, 0.15) is 31.2 Å². The molecule has 1 fully saturated rings. The summed E-state index contributed by atoms with van der Waals surface area (Å²) >= 11 is 6.08. The Morgan fingerprint density at radius 2 is 2.10 bits per heavy atom. The number of aliphatic carboxylic acids is 1. The molecule has 1 saturated carbocycles. The van der Waals surface area contributed by atoms with E-state index in [4.69, 9.17) is 16.7 Å². The van der Waals surface area contributed by atoms with Crippen molar-refractivity contribution in [3.8, 4) is 0 Å². The van der Waals surface area contributed by atoms with Gasteiger partial charge in [-0.3, -0.25) is 14.3 Å². The van der Waals surface area contributed by atoms with Gasteiger partial charge in [-0.2, -0.15) is 5.10 Å². The fourth-order valence-corrected chi connectivity index (χ4v) is 2.40. The minimum Gasteiger partial charge on any atom is -0.481 e. The van der Waals surface area contributed by atoms with Gasteiger partial charge in [0.05, 0.1) is 22.3 Å². The Bertz CT molecular complexity index is 566. The van der Waals surface area contributed by atoms with Crippen LogP contribution in [0.2, 0.25) is 5.02 Å². The summed E-state index contributed by atoms with van der Waals surface area (Å²) in [6.07, 6.45) is 1.88. The summed E-state index contributed by atoms with van der Waals surface area (Å²) in [5.41, 5.74) is 1.45. The molecule has 21 heavy (non-hydrogen) atoms. The number of carboxylic acids is 1. The number of aryl methyl sites for hydroxylation is 1. The number of carbonyl (C=O) groups excluding carboxylic acids is 1. The van der Waals surface area contributed by atoms with Gasteiger partial charge < -0.3 is 10.0 Å². The maximum atomic E-state index is 12.5. The Balaban J connectivity index is 2.08. The molecule has 1 aliphatic carbocycles. The van der Waals surface area contributed by atoms with Crippen LogP contribution >= 0.6 is 11.6 Å². The summed E-state index contributed by atoms with van der Waals surface area (Å²) in [6.45, 7) is 5.57. The average molecular weight is 314 g/mol. The lowest BCUT2D eigenvalue weighted by Gasteiger charge is -2.24. The van der Waals surface area contributed by atoms with Crippen LogP contribution in [0.25, 0.3) is 0 Å². The standard InChI is InChI=1S/C14H20ClN3O3/c1-8(14(20)21)6-17(11-4-5-11)12(19)7-18-10(3)13(15)9(2)16-18/h8,11H,4-7H2,1-3H3,(H,20,21)/t8-/m1/s1. The van der Waals surface area contributed by atoms with Crippen molar-refractivity contribution in [2.24, 2.45) is 5.92 Å². The summed E-state index contributed by atoms with van der Waals surface area (Å²) < 4.78 is 1.58. The maximum Gasteiger partial charge on any atom is 0.308 e. The van der Waals surface area contributed by atoms with E-state index in [0.717, 1.165) is 18.5 Å². The van der Waals surface area contributed by atoms with Gasteiger partial charge in [0.25, 0.3) is 0 Å². The Hall–Kier alpha value is -1.56. The average Bonchev–Trinajstić information content (AvgIpc) is 3.22. The van der Waals surface area contributed by atoms with E-state index in [9.17, 15) is 9.59 Å². The minimum atomic E-state index is -0.886. The topological polar surface area (TPSA) is 75.4 Å². The first-order chi connectivity index (χ1) is 9.81. The van der Waals surface area contributed by atoms with E-state index in [-0.39, 0.29) is 25.0 Å². The summed E-state index contributed by atoms with van der Waals surface area (Å²) in [7, 11) is 0. The van der Waals surface area contributed by atoms with Gasteiger partial charge in [-0.05, 0) is 26.7 Å². The third-order valence-electron chi connectivity index (χ3n) is 3.78. The van der Waals surface area contributed by atoms with Crippen molar-refractivity contribution in [3.63, 3.8) is 0 Å². The van der Waals surface area contributed by atoms with Crippen molar-refractivity contribution in [2.45, 2.75) is 46.2 Å². The van der Waals surface area contributed by atoms with Crippen molar-refractivity contribution in [1.82, 2.24) is 14.7 Å². The quantitative estimate of drug-likeness (QED) is 0.870. The number of nitrogens with zero attached hydrogens (tertiary/aromatic N) is 3. The van der Waals surface area contributed by atoms with Gasteiger partial charge in [0.1, 0.15) is 6.54 Å². The number of halogens is 1. The molecule has 1 amide bonds. The van der Waals surface area contributed by atoms with Crippen LogP contribution in [-0.4, -0.2) is 44.3 Å². The third-order valence-corrected chi connectivity index (χ3v) is 4.33. The summed E-state index contributed by atoms with van der Waals surface area (Å²) in [5, 5.41) is 13.8. The van der Waals surface area contributed by atoms with Crippen LogP contribution in [-0.2, 0) is 16.1 Å². The van der Waals surface area contributed by atoms with E-state index in [1.165, 1.54) is 0 Å². The fourth-order valence-electron chi connectivity index (χ4n) is 2.26. The lowest BCUT2D eigenvalue weighted by atomic mass is 10.1. The molecule has 0 bridgehead atoms. The second-order valence-corrected chi connectivity index (χ2v) is 6.04. The molecule has 2 rings (SSSR count). The minimum absolute atomic E-state index is 0.0994. The van der Waals surface area contributed by atoms with Crippen LogP contribution < -0.4 is 0 Å². The van der Waals surface area contributed by atoms with Gasteiger partial charge in [0.2, 0.25) is 5.91 Å². The smallest absolute Gasteiger partial charge is 0.308 e. The van der Waals surface area contributed by atoms with E-state index in [0.29, 0.717) is 10.7 Å². The molecular formula is C14H20ClN3O3. The third kappa shape index (κ3) is 3.56. The molecule has 1 aromatic heterocycles. The molecule has 0 unspecified atom stereocenters. The normalized spacial score (nSPS) is 15.8. The Morgan fingerprint density at radius 1 is 1.48 bits per heavy atom. The molecule has 1 aliphatic rings. The van der Waals surface area contributed by atoms with Crippen LogP contribution in [0.3, 0.4) is 0 Å². The van der Waals surface area contributed by atoms with E-state index in [2.05, 4.69) is 5.10 Å². The van der Waals surface area contributed by atoms with Gasteiger partial charge in [-0.25, -0.2) is 0 Å². The molecule has 1 atom stereocenters. The highest BCUT2D eigenvalue weighted by Gasteiger charge is 2.34. The lowest BCUT2D eigenvalue weighted by molar-refractivity contribution is -0.143. The maximum absolute atomic E-state index is 12.5. The Kier molecular flexibility index (Phi) is 4.56. The highest BCUT2D eigenvalue weighted by Crippen LogP contribution is 2.28. The molecule has 1 heterocycles. The predicted octanol–water partition coefficient (Wildman–Crippen LogP) is 1.87. The van der Waals surface area contributed by atoms with Crippen LogP contribution in [0, 0.1) is 19.8 Å². The van der Waals surface area contributed by atoms with Gasteiger partial charge in [0.15, 0.2) is 0 Å². The second kappa shape index (κ2) is 6.05. The van der Waals surface area contributed by atoms with Gasteiger partial charge >= 0.3 is 5.97 Å². The number of hydrogen-bond donors (Lipinski definition) is 1. The first-order valence-electron chi connectivity index (χ1n) is 7.03. The van der Waals surface area contributed by atoms with Crippen molar-refractivity contribution in [2.75, 3.05) is 6.54 Å². The van der Waals surface area contributed by atoms with E-state index in [1.54, 1.807) is 23.4 Å². The van der Waals surface area contributed by atoms with Crippen molar-refractivity contribution >= 4 is 23.5 Å². The van der Waals surface area contributed by atoms with Gasteiger partial charge in [-0.15, -0.1) is 0 Å². The molecular weight excluding hydrogens is 294 g/mol. The summed E-state index contributed by atoms with van der Waals surface area (Å²) in [6, 6.07) is 0.173. The van der Waals surface area contributed by atoms with E-state index >= 15 is 0 Å². The highest BCUT2D eigenvalue weighted by atomic mass is 35.5. The molecule has 0 saturated heterocycles. The van der Waals surface area contributed by atoms with Crippen LogP contribution in [0.4, 0.5) is 0 Å². The molecule has 0 spiro atoms. The van der Waals surface area contributed by atoms with Crippen LogP contribution in [0.15, 0.2) is 0 Å². The molecule has 1 aromatic rings. The fraction of sp³-hybridized carbons (Fsp3) is 0.643. The molecule has 0 radical (unpaired) electrons. The number of hydrogen-bond acceptors (Lipinski definition) is 3. The van der Waals surface area contributed by atoms with E-state index < -0.39 is 11.9 Å². The predicted molar refractivity (Wildman–Crippen MR) is 78.2 cm³/mol.